The lowest BCUT2D eigenvalue weighted by molar-refractivity contribution is -0.711. The molecule has 0 fully saturated rings. The summed E-state index contributed by atoms with van der Waals surface area (Å²) in [5.41, 5.74) is 1.68. The van der Waals surface area contributed by atoms with Crippen LogP contribution >= 0.6 is 0 Å². The first kappa shape index (κ1) is 16.4. The minimum Gasteiger partial charge on any atom is -0.463 e. The lowest BCUT2D eigenvalue weighted by Crippen LogP contribution is -2.29. The molecule has 25 heavy (non-hydrogen) atoms. The van der Waals surface area contributed by atoms with Gasteiger partial charge < -0.3 is 10.1 Å². The molecule has 0 aliphatic carbocycles. The molecule has 0 amide bonds. The molecule has 1 atom stereocenters. The van der Waals surface area contributed by atoms with E-state index in [1.165, 1.54) is 18.5 Å². The second kappa shape index (κ2) is 6.59. The summed E-state index contributed by atoms with van der Waals surface area (Å²) in [5, 5.41) is 16.7. The van der Waals surface area contributed by atoms with Crippen molar-refractivity contribution in [3.8, 4) is 5.75 Å². The Morgan fingerprint density at radius 3 is 2.76 bits per heavy atom. The molecule has 2 aromatic rings. The SMILES string of the molecule is CCOC(=O)C1=C(C)Nc2ncnn2[C@@H]1c1ccc(O[N+](=O)[O-])cc1. The summed E-state index contributed by atoms with van der Waals surface area (Å²) >= 11 is 0. The normalized spacial score (nSPS) is 16.0. The molecule has 130 valence electrons. The number of rotatable bonds is 5. The van der Waals surface area contributed by atoms with E-state index in [0.29, 0.717) is 22.8 Å². The zero-order valence-electron chi connectivity index (χ0n) is 13.5. The fourth-order valence-corrected chi connectivity index (χ4v) is 2.67. The monoisotopic (exact) mass is 345 g/mol. The van der Waals surface area contributed by atoms with Crippen LogP contribution in [-0.2, 0) is 9.53 Å². The molecule has 0 unspecified atom stereocenters. The number of nitrogens with zero attached hydrogens (tertiary/aromatic N) is 4. The maximum atomic E-state index is 12.4. The number of hydrogen-bond donors (Lipinski definition) is 1. The molecular formula is C15H15N5O5. The van der Waals surface area contributed by atoms with Crippen LogP contribution in [0.5, 0.6) is 5.75 Å². The molecule has 10 nitrogen and oxygen atoms in total. The number of nitrogens with one attached hydrogen (secondary N) is 1. The predicted molar refractivity (Wildman–Crippen MR) is 85.2 cm³/mol. The van der Waals surface area contributed by atoms with Crippen LogP contribution in [0.2, 0.25) is 0 Å². The highest BCUT2D eigenvalue weighted by atomic mass is 17.0. The number of benzene rings is 1. The predicted octanol–water partition coefficient (Wildman–Crippen LogP) is 1.70. The first-order chi connectivity index (χ1) is 12.0. The van der Waals surface area contributed by atoms with Crippen LogP contribution in [0.3, 0.4) is 0 Å². The van der Waals surface area contributed by atoms with Crippen molar-refractivity contribution in [1.82, 2.24) is 14.8 Å². The van der Waals surface area contributed by atoms with Crippen molar-refractivity contribution in [2.75, 3.05) is 11.9 Å². The standard InChI is InChI=1S/C15H15N5O5/c1-3-24-14(21)12-9(2)18-15-16-8-17-19(15)13(12)10-4-6-11(7-5-10)25-20(22)23/h4-8,13H,3H2,1-2H3,(H,16,17,18)/t13-/m1/s1. The van der Waals surface area contributed by atoms with Gasteiger partial charge in [0.25, 0.3) is 5.09 Å². The van der Waals surface area contributed by atoms with Crippen LogP contribution in [0.4, 0.5) is 5.95 Å². The zero-order valence-corrected chi connectivity index (χ0v) is 13.5. The number of anilines is 1. The molecule has 2 heterocycles. The minimum atomic E-state index is -0.886. The third-order valence-electron chi connectivity index (χ3n) is 3.67. The fraction of sp³-hybridized carbons (Fsp3) is 0.267. The van der Waals surface area contributed by atoms with E-state index < -0.39 is 17.1 Å². The second-order valence-electron chi connectivity index (χ2n) is 5.20. The number of carbonyl (C=O) groups excluding carboxylic acids is 1. The Morgan fingerprint density at radius 2 is 2.12 bits per heavy atom. The van der Waals surface area contributed by atoms with Crippen LogP contribution in [0.1, 0.15) is 25.5 Å². The molecule has 1 aromatic carbocycles. The number of esters is 1. The number of carbonyl (C=O) groups is 1. The average molecular weight is 345 g/mol. The molecule has 3 rings (SSSR count). The highest BCUT2D eigenvalue weighted by molar-refractivity contribution is 5.92. The van der Waals surface area contributed by atoms with Crippen LogP contribution in [-0.4, -0.2) is 32.4 Å². The van der Waals surface area contributed by atoms with Gasteiger partial charge in [-0.3, -0.25) is 4.84 Å². The Balaban J connectivity index is 2.04. The summed E-state index contributed by atoms with van der Waals surface area (Å²) in [6, 6.07) is 5.60. The maximum Gasteiger partial charge on any atom is 0.338 e. The molecular weight excluding hydrogens is 330 g/mol. The maximum absolute atomic E-state index is 12.4. The molecule has 10 heteroatoms. The second-order valence-corrected chi connectivity index (χ2v) is 5.20. The van der Waals surface area contributed by atoms with E-state index in [2.05, 4.69) is 20.2 Å². The van der Waals surface area contributed by atoms with E-state index in [1.807, 2.05) is 0 Å². The summed E-state index contributed by atoms with van der Waals surface area (Å²) in [4.78, 5) is 31.4. The van der Waals surface area contributed by atoms with Gasteiger partial charge in [-0.1, -0.05) is 12.1 Å². The number of fused-ring (bicyclic) bond motifs is 1. The van der Waals surface area contributed by atoms with Gasteiger partial charge in [0.05, 0.1) is 12.2 Å². The summed E-state index contributed by atoms with van der Waals surface area (Å²) in [5.74, 6) is 0.102. The molecule has 0 spiro atoms. The Hall–Kier alpha value is -3.43. The van der Waals surface area contributed by atoms with Gasteiger partial charge in [0.2, 0.25) is 5.95 Å². The van der Waals surface area contributed by atoms with Crippen molar-refractivity contribution in [3.05, 3.63) is 57.5 Å². The van der Waals surface area contributed by atoms with E-state index in [0.717, 1.165) is 0 Å². The largest absolute Gasteiger partial charge is 0.463 e. The summed E-state index contributed by atoms with van der Waals surface area (Å²) in [6.07, 6.45) is 1.38. The highest BCUT2D eigenvalue weighted by Gasteiger charge is 2.34. The first-order valence-corrected chi connectivity index (χ1v) is 7.48. The summed E-state index contributed by atoms with van der Waals surface area (Å²) in [6.45, 7) is 3.72. The molecule has 1 aliphatic rings. The van der Waals surface area contributed by atoms with E-state index in [9.17, 15) is 14.9 Å². The third kappa shape index (κ3) is 3.13. The number of hydrogen-bond acceptors (Lipinski definition) is 8. The van der Waals surface area contributed by atoms with Gasteiger partial charge in [-0.05, 0) is 31.5 Å². The highest BCUT2D eigenvalue weighted by Crippen LogP contribution is 2.35. The summed E-state index contributed by atoms with van der Waals surface area (Å²) in [7, 11) is 0. The van der Waals surface area contributed by atoms with Crippen molar-refractivity contribution in [2.24, 2.45) is 0 Å². The van der Waals surface area contributed by atoms with Crippen molar-refractivity contribution < 1.29 is 19.5 Å². The molecule has 1 aliphatic heterocycles. The van der Waals surface area contributed by atoms with Gasteiger partial charge in [0.1, 0.15) is 18.1 Å². The Bertz CT molecular complexity index is 842. The molecule has 1 aromatic heterocycles. The van der Waals surface area contributed by atoms with Crippen molar-refractivity contribution >= 4 is 11.9 Å². The number of allylic oxidation sites excluding steroid dienone is 1. The van der Waals surface area contributed by atoms with Gasteiger partial charge >= 0.3 is 5.97 Å². The Kier molecular flexibility index (Phi) is 4.33. The smallest absolute Gasteiger partial charge is 0.338 e. The van der Waals surface area contributed by atoms with Gasteiger partial charge in [0, 0.05) is 5.70 Å². The van der Waals surface area contributed by atoms with Crippen LogP contribution in [0, 0.1) is 10.1 Å². The minimum absolute atomic E-state index is 0.0832. The van der Waals surface area contributed by atoms with Gasteiger partial charge in [-0.25, -0.2) is 9.48 Å². The van der Waals surface area contributed by atoms with E-state index in [4.69, 9.17) is 4.74 Å². The Labute approximate surface area is 142 Å². The molecule has 0 bridgehead atoms. The van der Waals surface area contributed by atoms with E-state index in [-0.39, 0.29) is 12.4 Å². The molecule has 1 N–H and O–H groups in total. The number of aromatic nitrogens is 3. The fourth-order valence-electron chi connectivity index (χ4n) is 2.67. The summed E-state index contributed by atoms with van der Waals surface area (Å²) < 4.78 is 6.72. The first-order valence-electron chi connectivity index (χ1n) is 7.48. The van der Waals surface area contributed by atoms with Gasteiger partial charge in [0.15, 0.2) is 0 Å². The van der Waals surface area contributed by atoms with Crippen molar-refractivity contribution in [3.63, 3.8) is 0 Å². The molecule has 0 saturated carbocycles. The Morgan fingerprint density at radius 1 is 1.40 bits per heavy atom. The van der Waals surface area contributed by atoms with E-state index >= 15 is 0 Å². The van der Waals surface area contributed by atoms with E-state index in [1.54, 1.807) is 30.7 Å². The van der Waals surface area contributed by atoms with Gasteiger partial charge in [-0.15, -0.1) is 10.1 Å². The topological polar surface area (TPSA) is 121 Å². The van der Waals surface area contributed by atoms with Gasteiger partial charge in [-0.2, -0.15) is 10.1 Å². The van der Waals surface area contributed by atoms with Crippen molar-refractivity contribution in [1.29, 1.82) is 0 Å². The van der Waals surface area contributed by atoms with Crippen LogP contribution in [0.15, 0.2) is 41.9 Å². The van der Waals surface area contributed by atoms with Crippen LogP contribution < -0.4 is 10.2 Å². The lowest BCUT2D eigenvalue weighted by Gasteiger charge is -2.28. The average Bonchev–Trinajstić information content (AvgIpc) is 3.02. The zero-order chi connectivity index (χ0) is 18.0. The molecule has 0 radical (unpaired) electrons. The third-order valence-corrected chi connectivity index (χ3v) is 3.67. The quantitative estimate of drug-likeness (QED) is 0.494. The molecule has 0 saturated heterocycles. The van der Waals surface area contributed by atoms with Crippen LogP contribution in [0.25, 0.3) is 0 Å². The lowest BCUT2D eigenvalue weighted by atomic mass is 9.96. The van der Waals surface area contributed by atoms with Crippen molar-refractivity contribution in [2.45, 2.75) is 19.9 Å². The number of ether oxygens (including phenoxy) is 1.